The molecule has 1 heterocycles. The molecule has 0 bridgehead atoms. The summed E-state index contributed by atoms with van der Waals surface area (Å²) in [6.45, 7) is 4.16. The van der Waals surface area contributed by atoms with Crippen LogP contribution in [-0.2, 0) is 6.42 Å². The third-order valence-corrected chi connectivity index (χ3v) is 2.97. The summed E-state index contributed by atoms with van der Waals surface area (Å²) in [4.78, 5) is 4.36. The maximum atomic E-state index is 5.69. The molecule has 1 rings (SSSR count). The summed E-state index contributed by atoms with van der Waals surface area (Å²) in [7, 11) is 0. The Labute approximate surface area is 76.4 Å². The molecule has 3 heteroatoms. The minimum Gasteiger partial charge on any atom is -0.247 e. The average molecular weight is 190 g/mol. The van der Waals surface area contributed by atoms with Crippen molar-refractivity contribution in [3.8, 4) is 0 Å². The molecule has 0 saturated heterocycles. The number of nitrogens with zero attached hydrogens (tertiary/aromatic N) is 1. The first-order valence-corrected chi connectivity index (χ1v) is 5.10. The Hall–Kier alpha value is -0.0800. The van der Waals surface area contributed by atoms with Gasteiger partial charge in [0.2, 0.25) is 0 Å². The third kappa shape index (κ3) is 2.80. The predicted octanol–water partition coefficient (Wildman–Crippen LogP) is 2.87. The van der Waals surface area contributed by atoms with Crippen molar-refractivity contribution in [1.29, 1.82) is 0 Å². The van der Waals surface area contributed by atoms with Crippen LogP contribution in [0.25, 0.3) is 0 Å². The first-order valence-electron chi connectivity index (χ1n) is 3.69. The lowest BCUT2D eigenvalue weighted by Gasteiger charge is -2.02. The summed E-state index contributed by atoms with van der Waals surface area (Å²) in [6, 6.07) is 0. The van der Waals surface area contributed by atoms with Crippen molar-refractivity contribution < 1.29 is 0 Å². The molecule has 0 fully saturated rings. The number of halogens is 1. The van der Waals surface area contributed by atoms with Crippen LogP contribution in [0.3, 0.4) is 0 Å². The van der Waals surface area contributed by atoms with Crippen LogP contribution < -0.4 is 0 Å². The van der Waals surface area contributed by atoms with Crippen LogP contribution in [0.1, 0.15) is 17.6 Å². The van der Waals surface area contributed by atoms with E-state index in [-0.39, 0.29) is 0 Å². The zero-order valence-corrected chi connectivity index (χ0v) is 8.37. The molecule has 0 aliphatic heterocycles. The van der Waals surface area contributed by atoms with Gasteiger partial charge < -0.3 is 0 Å². The molecule has 1 nitrogen and oxygen atoms in total. The Bertz CT molecular complexity index is 222. The van der Waals surface area contributed by atoms with Crippen LogP contribution >= 0.6 is 22.9 Å². The predicted molar refractivity (Wildman–Crippen MR) is 50.4 cm³/mol. The van der Waals surface area contributed by atoms with Crippen LogP contribution in [0.15, 0.2) is 5.38 Å². The van der Waals surface area contributed by atoms with Crippen LogP contribution in [0.5, 0.6) is 0 Å². The largest absolute Gasteiger partial charge is 0.247 e. The highest BCUT2D eigenvalue weighted by Gasteiger charge is 2.04. The number of rotatable bonds is 3. The summed E-state index contributed by atoms with van der Waals surface area (Å²) in [5, 5.41) is 3.28. The maximum absolute atomic E-state index is 5.69. The van der Waals surface area contributed by atoms with Gasteiger partial charge in [0, 0.05) is 23.4 Å². The molecule has 0 N–H and O–H groups in total. The fraction of sp³-hybridized carbons (Fsp3) is 0.625. The first-order chi connectivity index (χ1) is 5.22. The molecule has 0 aliphatic rings. The van der Waals surface area contributed by atoms with Crippen LogP contribution in [0.2, 0.25) is 0 Å². The molecular weight excluding hydrogens is 178 g/mol. The van der Waals surface area contributed by atoms with E-state index < -0.39 is 0 Å². The Morgan fingerprint density at radius 1 is 1.73 bits per heavy atom. The molecule has 1 unspecified atom stereocenters. The standard InChI is InChI=1S/C8H12ClNS/c1-6(4-9)3-8-10-7(2)5-11-8/h5-6H,3-4H2,1-2H3. The van der Waals surface area contributed by atoms with Crippen molar-refractivity contribution in [3.63, 3.8) is 0 Å². The number of hydrogen-bond donors (Lipinski definition) is 0. The quantitative estimate of drug-likeness (QED) is 0.667. The molecule has 0 radical (unpaired) electrons. The Kier molecular flexibility index (Phi) is 3.34. The Balaban J connectivity index is 2.50. The van der Waals surface area contributed by atoms with Crippen LogP contribution in [-0.4, -0.2) is 10.9 Å². The van der Waals surface area contributed by atoms with E-state index in [1.807, 2.05) is 6.92 Å². The maximum Gasteiger partial charge on any atom is 0.0931 e. The second-order valence-electron chi connectivity index (χ2n) is 2.85. The highest BCUT2D eigenvalue weighted by atomic mass is 35.5. The highest BCUT2D eigenvalue weighted by Crippen LogP contribution is 2.14. The number of aromatic nitrogens is 1. The lowest BCUT2D eigenvalue weighted by Crippen LogP contribution is -2.00. The highest BCUT2D eigenvalue weighted by molar-refractivity contribution is 7.09. The van der Waals surface area contributed by atoms with Crippen molar-refractivity contribution in [2.45, 2.75) is 20.3 Å². The van der Waals surface area contributed by atoms with Crippen molar-refractivity contribution in [1.82, 2.24) is 4.98 Å². The van der Waals surface area contributed by atoms with E-state index in [4.69, 9.17) is 11.6 Å². The average Bonchev–Trinajstić information content (AvgIpc) is 2.35. The van der Waals surface area contributed by atoms with Gasteiger partial charge in [0.25, 0.3) is 0 Å². The van der Waals surface area contributed by atoms with E-state index in [0.717, 1.165) is 18.0 Å². The van der Waals surface area contributed by atoms with Gasteiger partial charge in [-0.3, -0.25) is 0 Å². The lowest BCUT2D eigenvalue weighted by atomic mass is 10.1. The fourth-order valence-corrected chi connectivity index (χ4v) is 1.89. The number of hydrogen-bond acceptors (Lipinski definition) is 2. The Morgan fingerprint density at radius 2 is 2.45 bits per heavy atom. The van der Waals surface area contributed by atoms with E-state index in [9.17, 15) is 0 Å². The molecule has 62 valence electrons. The normalized spacial score (nSPS) is 13.4. The van der Waals surface area contributed by atoms with Gasteiger partial charge in [0.15, 0.2) is 0 Å². The summed E-state index contributed by atoms with van der Waals surface area (Å²) in [6.07, 6.45) is 1.02. The fourth-order valence-electron chi connectivity index (χ4n) is 0.849. The van der Waals surface area contributed by atoms with Crippen molar-refractivity contribution in [2.75, 3.05) is 5.88 Å². The van der Waals surface area contributed by atoms with Gasteiger partial charge in [0.05, 0.1) is 5.01 Å². The molecule has 1 aromatic heterocycles. The molecular formula is C8H12ClNS. The summed E-state index contributed by atoms with van der Waals surface area (Å²) in [5.74, 6) is 1.26. The molecule has 1 aromatic rings. The molecule has 0 amide bonds. The van der Waals surface area contributed by atoms with Gasteiger partial charge in [-0.2, -0.15) is 0 Å². The topological polar surface area (TPSA) is 12.9 Å². The van der Waals surface area contributed by atoms with Crippen LogP contribution in [0, 0.1) is 12.8 Å². The summed E-state index contributed by atoms with van der Waals surface area (Å²) in [5.41, 5.74) is 1.12. The molecule has 11 heavy (non-hydrogen) atoms. The molecule has 0 aromatic carbocycles. The summed E-state index contributed by atoms with van der Waals surface area (Å²) >= 11 is 7.41. The summed E-state index contributed by atoms with van der Waals surface area (Å²) < 4.78 is 0. The number of alkyl halides is 1. The zero-order chi connectivity index (χ0) is 8.27. The first kappa shape index (κ1) is 9.01. The van der Waals surface area contributed by atoms with Crippen molar-refractivity contribution in [3.05, 3.63) is 16.1 Å². The van der Waals surface area contributed by atoms with E-state index >= 15 is 0 Å². The van der Waals surface area contributed by atoms with E-state index in [1.54, 1.807) is 11.3 Å². The van der Waals surface area contributed by atoms with Gasteiger partial charge >= 0.3 is 0 Å². The van der Waals surface area contributed by atoms with Gasteiger partial charge in [0.1, 0.15) is 0 Å². The minimum atomic E-state index is 0.544. The smallest absolute Gasteiger partial charge is 0.0931 e. The third-order valence-electron chi connectivity index (χ3n) is 1.45. The van der Waals surface area contributed by atoms with Crippen LogP contribution in [0.4, 0.5) is 0 Å². The van der Waals surface area contributed by atoms with E-state index in [2.05, 4.69) is 17.3 Å². The van der Waals surface area contributed by atoms with Crippen molar-refractivity contribution in [2.24, 2.45) is 5.92 Å². The minimum absolute atomic E-state index is 0.544. The van der Waals surface area contributed by atoms with Crippen molar-refractivity contribution >= 4 is 22.9 Å². The molecule has 1 atom stereocenters. The monoisotopic (exact) mass is 189 g/mol. The number of aryl methyl sites for hydroxylation is 1. The van der Waals surface area contributed by atoms with Gasteiger partial charge in [-0.25, -0.2) is 4.98 Å². The van der Waals surface area contributed by atoms with E-state index in [0.29, 0.717) is 5.92 Å². The van der Waals surface area contributed by atoms with Gasteiger partial charge in [-0.05, 0) is 12.8 Å². The van der Waals surface area contributed by atoms with Gasteiger partial charge in [-0.1, -0.05) is 6.92 Å². The zero-order valence-electron chi connectivity index (χ0n) is 6.80. The molecule has 0 aliphatic carbocycles. The lowest BCUT2D eigenvalue weighted by molar-refractivity contribution is 0.651. The Morgan fingerprint density at radius 3 is 2.91 bits per heavy atom. The second kappa shape index (κ2) is 4.07. The molecule has 0 spiro atoms. The second-order valence-corrected chi connectivity index (χ2v) is 4.10. The van der Waals surface area contributed by atoms with Gasteiger partial charge in [-0.15, -0.1) is 22.9 Å². The molecule has 0 saturated carbocycles. The SMILES string of the molecule is Cc1csc(CC(C)CCl)n1. The van der Waals surface area contributed by atoms with E-state index in [1.165, 1.54) is 5.01 Å². The number of thiazole rings is 1.